The van der Waals surface area contributed by atoms with Crippen molar-refractivity contribution in [3.05, 3.63) is 65.2 Å². The first kappa shape index (κ1) is 19.8. The molecule has 0 spiro atoms. The minimum atomic E-state index is -0.516. The Morgan fingerprint density at radius 1 is 1.17 bits per heavy atom. The second kappa shape index (κ2) is 8.91. The molecule has 1 aliphatic rings. The molecule has 1 aliphatic heterocycles. The number of benzene rings is 2. The van der Waals surface area contributed by atoms with Gasteiger partial charge in [0.25, 0.3) is 0 Å². The van der Waals surface area contributed by atoms with Crippen molar-refractivity contribution in [1.82, 2.24) is 20.2 Å². The van der Waals surface area contributed by atoms with E-state index < -0.39 is 6.29 Å². The van der Waals surface area contributed by atoms with Crippen molar-refractivity contribution in [1.29, 1.82) is 0 Å². The first-order chi connectivity index (χ1) is 14.1. The number of ether oxygens (including phenoxy) is 2. The smallest absolute Gasteiger partial charge is 0.209 e. The molecule has 0 radical (unpaired) electrons. The van der Waals surface area contributed by atoms with E-state index >= 15 is 0 Å². The highest BCUT2D eigenvalue weighted by atomic mass is 32.2. The van der Waals surface area contributed by atoms with Crippen molar-refractivity contribution in [3.63, 3.8) is 0 Å². The van der Waals surface area contributed by atoms with Gasteiger partial charge in [0.2, 0.25) is 5.16 Å². The summed E-state index contributed by atoms with van der Waals surface area (Å²) in [7, 11) is 1.81. The van der Waals surface area contributed by atoms with Gasteiger partial charge in [-0.15, -0.1) is 5.10 Å². The molecule has 0 amide bonds. The molecular weight excluding hydrogens is 390 g/mol. The average Bonchev–Trinajstić information content (AvgIpc) is 3.17. The summed E-state index contributed by atoms with van der Waals surface area (Å²) < 4.78 is 14.2. The standard InChI is InChI=1S/C20H23N5O3S/c1-25-20(22-23-24-25)29-12-17-10-18(14-7-5-13(11-26)6-8-14)28-19(27-17)15-3-2-4-16(21)9-15/h2-9,17-19,26H,10-12,21H2,1H3. The molecule has 2 heterocycles. The molecule has 4 rings (SSSR count). The Balaban J connectivity index is 1.54. The first-order valence-corrected chi connectivity index (χ1v) is 10.3. The summed E-state index contributed by atoms with van der Waals surface area (Å²) in [6.07, 6.45) is -0.00113. The average molecular weight is 414 g/mol. The fourth-order valence-electron chi connectivity index (χ4n) is 3.24. The highest BCUT2D eigenvalue weighted by Gasteiger charge is 2.32. The molecule has 29 heavy (non-hydrogen) atoms. The van der Waals surface area contributed by atoms with E-state index in [4.69, 9.17) is 15.2 Å². The third-order valence-corrected chi connectivity index (χ3v) is 5.92. The number of thioether (sulfide) groups is 1. The van der Waals surface area contributed by atoms with E-state index in [0.29, 0.717) is 17.9 Å². The Bertz CT molecular complexity index is 949. The van der Waals surface area contributed by atoms with Crippen LogP contribution in [0.2, 0.25) is 0 Å². The van der Waals surface area contributed by atoms with E-state index in [1.54, 1.807) is 16.4 Å². The molecule has 0 bridgehead atoms. The number of rotatable bonds is 6. The maximum absolute atomic E-state index is 9.30. The molecule has 152 valence electrons. The summed E-state index contributed by atoms with van der Waals surface area (Å²) in [5.74, 6) is 0.696. The van der Waals surface area contributed by atoms with E-state index in [0.717, 1.165) is 21.8 Å². The zero-order chi connectivity index (χ0) is 20.2. The SMILES string of the molecule is Cn1nnnc1SCC1CC(c2ccc(CO)cc2)OC(c2cccc(N)c2)O1. The molecule has 8 nitrogen and oxygen atoms in total. The van der Waals surface area contributed by atoms with Crippen LogP contribution in [0.15, 0.2) is 53.7 Å². The summed E-state index contributed by atoms with van der Waals surface area (Å²) in [6.45, 7) is 0.0197. The molecular formula is C20H23N5O3S. The highest BCUT2D eigenvalue weighted by molar-refractivity contribution is 7.99. The maximum atomic E-state index is 9.30. The lowest BCUT2D eigenvalue weighted by atomic mass is 10.0. The van der Waals surface area contributed by atoms with Gasteiger partial charge in [-0.25, -0.2) is 4.68 Å². The van der Waals surface area contributed by atoms with Gasteiger partial charge in [-0.1, -0.05) is 48.2 Å². The molecule has 9 heteroatoms. The Labute approximate surface area is 173 Å². The van der Waals surface area contributed by atoms with Crippen LogP contribution < -0.4 is 5.73 Å². The number of aliphatic hydroxyl groups excluding tert-OH is 1. The summed E-state index contributed by atoms with van der Waals surface area (Å²) in [5.41, 5.74) is 9.43. The lowest BCUT2D eigenvalue weighted by Gasteiger charge is -2.36. The zero-order valence-corrected chi connectivity index (χ0v) is 16.8. The van der Waals surface area contributed by atoms with Crippen molar-refractivity contribution in [3.8, 4) is 0 Å². The van der Waals surface area contributed by atoms with Gasteiger partial charge in [0, 0.05) is 30.5 Å². The molecule has 3 atom stereocenters. The number of nitrogens with zero attached hydrogens (tertiary/aromatic N) is 4. The number of aromatic nitrogens is 4. The van der Waals surface area contributed by atoms with Crippen LogP contribution in [0.25, 0.3) is 0 Å². The fraction of sp³-hybridized carbons (Fsp3) is 0.350. The quantitative estimate of drug-likeness (QED) is 0.469. The van der Waals surface area contributed by atoms with Crippen LogP contribution in [0.3, 0.4) is 0 Å². The van der Waals surface area contributed by atoms with Crippen LogP contribution >= 0.6 is 11.8 Å². The lowest BCUT2D eigenvalue weighted by molar-refractivity contribution is -0.245. The van der Waals surface area contributed by atoms with Gasteiger partial charge in [0.05, 0.1) is 18.8 Å². The Hall–Kier alpha value is -2.46. The first-order valence-electron chi connectivity index (χ1n) is 9.33. The van der Waals surface area contributed by atoms with E-state index in [-0.39, 0.29) is 18.8 Å². The predicted molar refractivity (Wildman–Crippen MR) is 109 cm³/mol. The molecule has 2 aromatic carbocycles. The third-order valence-electron chi connectivity index (χ3n) is 4.78. The minimum absolute atomic E-state index is 0.0197. The van der Waals surface area contributed by atoms with Crippen LogP contribution in [-0.4, -0.2) is 37.2 Å². The minimum Gasteiger partial charge on any atom is -0.399 e. The Morgan fingerprint density at radius 2 is 2.00 bits per heavy atom. The summed E-state index contributed by atoms with van der Waals surface area (Å²) in [5, 5.41) is 21.6. The van der Waals surface area contributed by atoms with Gasteiger partial charge in [-0.2, -0.15) is 0 Å². The molecule has 3 N–H and O–H groups in total. The largest absolute Gasteiger partial charge is 0.399 e. The summed E-state index contributed by atoms with van der Waals surface area (Å²) in [4.78, 5) is 0. The van der Waals surface area contributed by atoms with Crippen LogP contribution in [0, 0.1) is 0 Å². The lowest BCUT2D eigenvalue weighted by Crippen LogP contribution is -2.31. The zero-order valence-electron chi connectivity index (χ0n) is 16.0. The van der Waals surface area contributed by atoms with E-state index in [2.05, 4.69) is 15.5 Å². The Morgan fingerprint density at radius 3 is 2.69 bits per heavy atom. The number of anilines is 1. The van der Waals surface area contributed by atoms with Crippen molar-refractivity contribution in [2.45, 2.75) is 36.7 Å². The van der Waals surface area contributed by atoms with Crippen LogP contribution in [0.1, 0.15) is 35.5 Å². The van der Waals surface area contributed by atoms with Gasteiger partial charge < -0.3 is 20.3 Å². The van der Waals surface area contributed by atoms with Crippen molar-refractivity contribution in [2.75, 3.05) is 11.5 Å². The normalized spacial score (nSPS) is 21.9. The second-order valence-electron chi connectivity index (χ2n) is 6.92. The Kier molecular flexibility index (Phi) is 6.10. The van der Waals surface area contributed by atoms with Gasteiger partial charge in [0.15, 0.2) is 6.29 Å². The number of nitrogens with two attached hydrogens (primary N) is 1. The molecule has 1 fully saturated rings. The third kappa shape index (κ3) is 4.76. The number of aryl methyl sites for hydroxylation is 1. The number of tetrazole rings is 1. The number of aliphatic hydroxyl groups is 1. The molecule has 1 aromatic heterocycles. The number of hydrogen-bond donors (Lipinski definition) is 2. The van der Waals surface area contributed by atoms with Gasteiger partial charge in [-0.05, 0) is 33.7 Å². The molecule has 0 aliphatic carbocycles. The van der Waals surface area contributed by atoms with Crippen molar-refractivity contribution < 1.29 is 14.6 Å². The second-order valence-corrected chi connectivity index (χ2v) is 7.90. The van der Waals surface area contributed by atoms with Gasteiger partial charge in [-0.3, -0.25) is 0 Å². The molecule has 3 aromatic rings. The monoisotopic (exact) mass is 413 g/mol. The molecule has 3 unspecified atom stereocenters. The van der Waals surface area contributed by atoms with Gasteiger partial charge >= 0.3 is 0 Å². The summed E-state index contributed by atoms with van der Waals surface area (Å²) in [6, 6.07) is 15.4. The maximum Gasteiger partial charge on any atom is 0.209 e. The van der Waals surface area contributed by atoms with Gasteiger partial charge in [0.1, 0.15) is 0 Å². The van der Waals surface area contributed by atoms with E-state index in [1.165, 1.54) is 0 Å². The van der Waals surface area contributed by atoms with E-state index in [1.807, 2.05) is 55.6 Å². The van der Waals surface area contributed by atoms with Crippen molar-refractivity contribution in [2.24, 2.45) is 7.05 Å². The van der Waals surface area contributed by atoms with Crippen LogP contribution in [0.4, 0.5) is 5.69 Å². The predicted octanol–water partition coefficient (Wildman–Crippen LogP) is 2.62. The number of hydrogen-bond acceptors (Lipinski definition) is 8. The summed E-state index contributed by atoms with van der Waals surface area (Å²) >= 11 is 1.55. The molecule has 0 saturated carbocycles. The molecule has 1 saturated heterocycles. The van der Waals surface area contributed by atoms with Crippen LogP contribution in [0.5, 0.6) is 0 Å². The highest BCUT2D eigenvalue weighted by Crippen LogP contribution is 2.39. The fourth-order valence-corrected chi connectivity index (χ4v) is 4.11. The number of nitrogen functional groups attached to an aromatic ring is 1. The van der Waals surface area contributed by atoms with E-state index in [9.17, 15) is 5.11 Å². The van der Waals surface area contributed by atoms with Crippen molar-refractivity contribution >= 4 is 17.4 Å². The topological polar surface area (TPSA) is 108 Å². The van der Waals surface area contributed by atoms with Crippen LogP contribution in [-0.2, 0) is 23.1 Å².